The molecule has 15 nitrogen and oxygen atoms in total. The minimum Gasteiger partial charge on any atom is -0.453 e. The van der Waals surface area contributed by atoms with Gasteiger partial charge in [0.25, 0.3) is 0 Å². The highest BCUT2D eigenvalue weighted by Crippen LogP contribution is 2.58. The van der Waals surface area contributed by atoms with Crippen molar-refractivity contribution in [3.63, 3.8) is 0 Å². The Labute approximate surface area is 683 Å². The van der Waals surface area contributed by atoms with E-state index in [1.54, 1.807) is 22.7 Å². The van der Waals surface area contributed by atoms with Gasteiger partial charge in [-0.15, -0.1) is 22.7 Å². The number of aromatic nitrogens is 9. The molecule has 17 heteroatoms. The Morgan fingerprint density at radius 3 is 1.20 bits per heavy atom. The highest BCUT2D eigenvalue weighted by molar-refractivity contribution is 7.22. The molecule has 0 aliphatic carbocycles. The van der Waals surface area contributed by atoms with E-state index in [0.29, 0.717) is 0 Å². The molecule has 22 aromatic rings. The molecule has 556 valence electrons. The number of benzene rings is 16. The Balaban J connectivity index is 0.000000135. The van der Waals surface area contributed by atoms with Gasteiger partial charge in [0.05, 0.1) is 87.8 Å². The van der Waals surface area contributed by atoms with E-state index < -0.39 is 0 Å². The van der Waals surface area contributed by atoms with Crippen molar-refractivity contribution in [1.29, 1.82) is 0 Å². The number of fused-ring (bicyclic) bond motifs is 15. The van der Waals surface area contributed by atoms with Crippen molar-refractivity contribution in [1.82, 2.24) is 43.0 Å². The van der Waals surface area contributed by atoms with E-state index in [9.17, 15) is 0 Å². The fraction of sp³-hybridized carbons (Fsp3) is 0. The summed E-state index contributed by atoms with van der Waals surface area (Å²) in [7, 11) is 0. The Hall–Kier alpha value is -15.7. The molecule has 0 spiro atoms. The minimum absolute atomic E-state index is 0.760. The van der Waals surface area contributed by atoms with Crippen molar-refractivity contribution in [2.24, 2.45) is 0 Å². The molecule has 118 heavy (non-hydrogen) atoms. The van der Waals surface area contributed by atoms with Crippen LogP contribution in [-0.2, 0) is 0 Å². The second kappa shape index (κ2) is 27.0. The average molecular weight is 1560 g/mol. The summed E-state index contributed by atoms with van der Waals surface area (Å²) in [5.74, 6) is 7.34. The van der Waals surface area contributed by atoms with E-state index in [2.05, 4.69) is 288 Å². The summed E-state index contributed by atoms with van der Waals surface area (Å²) in [6.07, 6.45) is 0. The highest BCUT2D eigenvalue weighted by atomic mass is 32.1. The van der Waals surface area contributed by atoms with Crippen LogP contribution >= 0.6 is 22.7 Å². The van der Waals surface area contributed by atoms with Gasteiger partial charge in [0.2, 0.25) is 5.78 Å². The molecule has 0 N–H and O–H groups in total. The van der Waals surface area contributed by atoms with Gasteiger partial charge < -0.3 is 24.0 Å². The molecule has 0 saturated carbocycles. The van der Waals surface area contributed by atoms with Gasteiger partial charge in [0.1, 0.15) is 43.9 Å². The van der Waals surface area contributed by atoms with E-state index >= 15 is 0 Å². The van der Waals surface area contributed by atoms with Crippen molar-refractivity contribution < 1.29 is 14.2 Å². The van der Waals surface area contributed by atoms with Crippen LogP contribution in [0, 0.1) is 0 Å². The highest BCUT2D eigenvalue weighted by Gasteiger charge is 2.37. The zero-order chi connectivity index (χ0) is 77.5. The first-order chi connectivity index (χ1) is 58.5. The summed E-state index contributed by atoms with van der Waals surface area (Å²) in [5.41, 5.74) is 25.4. The standard InChI is InChI=1S/C51H31N7OS.C50H31N5O2S/c1-4-18-32(19-5-1)49-53-43-45(55(49)34-22-8-3-9-23-34)46(56-39-28-14-16-30-41(39)59-42-31-17-15-29-40(42)56)44-48(60-50(54-44)33-20-6-2-7-21-33)47(43)58-38-27-13-12-26-37(38)57-36-25-11-10-24-35(36)52-51(57)58;1-2-12-34(13-3-1)55-43-30-38-48(58-50(52-38)33-24-28-36(29-25-33)54-41-16-6-10-20-46(41)57-47-21-11-7-17-42(47)54)31-37(43)51-49(55)32-22-26-35(27-23-32)53-39-14-4-8-18-44(39)56-45-19-9-5-15-40(45)53/h1-31H;1-31H. The first-order valence-corrected chi connectivity index (χ1v) is 40.7. The van der Waals surface area contributed by atoms with Crippen LogP contribution in [0.2, 0.25) is 0 Å². The number of para-hydroxylation sites is 18. The Morgan fingerprint density at radius 1 is 0.246 bits per heavy atom. The molecule has 0 bridgehead atoms. The molecule has 9 heterocycles. The Kier molecular flexibility index (Phi) is 15.3. The number of thiazole rings is 2. The van der Waals surface area contributed by atoms with Gasteiger partial charge in [-0.1, -0.05) is 194 Å². The van der Waals surface area contributed by atoms with Crippen LogP contribution in [0.1, 0.15) is 0 Å². The Morgan fingerprint density at radius 2 is 0.661 bits per heavy atom. The average Bonchev–Trinajstić information content (AvgIpc) is 1.52. The van der Waals surface area contributed by atoms with Crippen LogP contribution in [0.5, 0.6) is 34.5 Å². The van der Waals surface area contributed by atoms with Crippen molar-refractivity contribution in [3.8, 4) is 95.5 Å². The molecule has 0 fully saturated rings. The molecule has 3 aliphatic heterocycles. The third kappa shape index (κ3) is 10.7. The third-order valence-electron chi connectivity index (χ3n) is 22.2. The number of rotatable bonds is 10. The predicted octanol–water partition coefficient (Wildman–Crippen LogP) is 27.4. The lowest BCUT2D eigenvalue weighted by atomic mass is 10.1. The van der Waals surface area contributed by atoms with Crippen LogP contribution in [0.15, 0.2) is 376 Å². The number of nitrogens with zero attached hydrogens (tertiary/aromatic N) is 12. The van der Waals surface area contributed by atoms with Crippen molar-refractivity contribution in [3.05, 3.63) is 376 Å². The summed E-state index contributed by atoms with van der Waals surface area (Å²) in [6.45, 7) is 0. The van der Waals surface area contributed by atoms with E-state index in [-0.39, 0.29) is 0 Å². The van der Waals surface area contributed by atoms with Gasteiger partial charge in [0.15, 0.2) is 34.5 Å². The third-order valence-corrected chi connectivity index (χ3v) is 24.4. The Bertz CT molecular complexity index is 7620. The normalized spacial score (nSPS) is 12.6. The fourth-order valence-corrected chi connectivity index (χ4v) is 19.1. The SMILES string of the molecule is c1ccc(-c2nc3c(N4c5ccccc5Oc5ccccc54)c4c(nc(-c5ccccc5)n4-c4ccccc4)c(-n4c5ccccc5n5c6ccccc6nc45)c3s2)cc1.c1ccc(-n2c(-c3ccc(N4c5ccccc5Oc5ccccc54)cc3)nc3cc4sc(-c5ccc(N6c7ccccc7Oc7ccccc76)cc5)nc4cc32)cc1. The molecular weight excluding hydrogens is 1490 g/mol. The van der Waals surface area contributed by atoms with Crippen LogP contribution in [0.4, 0.5) is 51.2 Å². The van der Waals surface area contributed by atoms with Crippen LogP contribution in [0.3, 0.4) is 0 Å². The van der Waals surface area contributed by atoms with Gasteiger partial charge >= 0.3 is 0 Å². The molecule has 0 amide bonds. The maximum absolute atomic E-state index is 6.63. The summed E-state index contributed by atoms with van der Waals surface area (Å²) < 4.78 is 30.4. The summed E-state index contributed by atoms with van der Waals surface area (Å²) in [5, 5.41) is 1.87. The quantitative estimate of drug-likeness (QED) is 0.130. The smallest absolute Gasteiger partial charge is 0.220 e. The van der Waals surface area contributed by atoms with Gasteiger partial charge in [-0.05, 0) is 182 Å². The van der Waals surface area contributed by atoms with Crippen LogP contribution in [0.25, 0.3) is 131 Å². The summed E-state index contributed by atoms with van der Waals surface area (Å²) in [4.78, 5) is 34.2. The molecule has 25 rings (SSSR count). The van der Waals surface area contributed by atoms with Crippen molar-refractivity contribution in [2.75, 3.05) is 14.7 Å². The van der Waals surface area contributed by atoms with E-state index in [0.717, 1.165) is 217 Å². The van der Waals surface area contributed by atoms with Gasteiger partial charge in [-0.3, -0.25) is 23.0 Å². The number of imidazole rings is 4. The molecule has 0 radical (unpaired) electrons. The number of hydrogen-bond donors (Lipinski definition) is 0. The molecule has 0 unspecified atom stereocenters. The summed E-state index contributed by atoms with van der Waals surface area (Å²) in [6, 6.07) is 130. The maximum Gasteiger partial charge on any atom is 0.220 e. The molecule has 0 atom stereocenters. The predicted molar refractivity (Wildman–Crippen MR) is 478 cm³/mol. The van der Waals surface area contributed by atoms with E-state index in [1.807, 2.05) is 121 Å². The molecule has 16 aromatic carbocycles. The number of anilines is 9. The number of ether oxygens (including phenoxy) is 3. The lowest BCUT2D eigenvalue weighted by molar-refractivity contribution is 0.477. The fourth-order valence-electron chi connectivity index (χ4n) is 17.0. The first kappa shape index (κ1) is 66.9. The first-order valence-electron chi connectivity index (χ1n) is 39.0. The van der Waals surface area contributed by atoms with Crippen molar-refractivity contribution >= 4 is 144 Å². The second-order valence-electron chi connectivity index (χ2n) is 29.1. The monoisotopic (exact) mass is 1550 g/mol. The lowest BCUT2D eigenvalue weighted by Crippen LogP contribution is -2.17. The lowest BCUT2D eigenvalue weighted by Gasteiger charge is -2.33. The topological polar surface area (TPSA) is 121 Å². The minimum atomic E-state index is 0.760. The van der Waals surface area contributed by atoms with Crippen LogP contribution in [-0.4, -0.2) is 43.0 Å². The molecular formula is C101H62N12O3S2. The molecule has 3 aliphatic rings. The molecule has 6 aromatic heterocycles. The van der Waals surface area contributed by atoms with Gasteiger partial charge in [0, 0.05) is 45.0 Å². The van der Waals surface area contributed by atoms with Gasteiger partial charge in [-0.2, -0.15) is 0 Å². The zero-order valence-electron chi connectivity index (χ0n) is 62.7. The largest absolute Gasteiger partial charge is 0.453 e. The second-order valence-corrected chi connectivity index (χ2v) is 31.2. The van der Waals surface area contributed by atoms with Crippen molar-refractivity contribution in [2.45, 2.75) is 0 Å². The maximum atomic E-state index is 6.63. The molecule has 0 saturated heterocycles. The van der Waals surface area contributed by atoms with Crippen LogP contribution < -0.4 is 28.9 Å². The number of hydrogen-bond acceptors (Lipinski definition) is 13. The van der Waals surface area contributed by atoms with E-state index in [4.69, 9.17) is 39.1 Å². The van der Waals surface area contributed by atoms with E-state index in [1.165, 1.54) is 0 Å². The summed E-state index contributed by atoms with van der Waals surface area (Å²) >= 11 is 3.37. The zero-order valence-corrected chi connectivity index (χ0v) is 64.3. The van der Waals surface area contributed by atoms with Gasteiger partial charge in [-0.25, -0.2) is 24.9 Å².